The van der Waals surface area contributed by atoms with Gasteiger partial charge in [0, 0.05) is 6.07 Å². The summed E-state index contributed by atoms with van der Waals surface area (Å²) in [4.78, 5) is 17.3. The van der Waals surface area contributed by atoms with Gasteiger partial charge in [0.25, 0.3) is 5.69 Å². The van der Waals surface area contributed by atoms with E-state index in [9.17, 15) is 28.6 Å². The normalized spacial score (nSPS) is 11.1. The molecule has 0 fully saturated rings. The molecule has 1 aromatic carbocycles. The molecule has 0 bridgehead atoms. The maximum atomic E-state index is 10.8. The standard InChI is InChI=1S/C6H4N2O8S/c9-5-2-6(17(14,15)16)4(8(12)13)1-3(5)7(10)11/h1-2,9H,(H,14,15,16). The van der Waals surface area contributed by atoms with Gasteiger partial charge in [0.05, 0.1) is 15.9 Å². The van der Waals surface area contributed by atoms with Crippen molar-refractivity contribution in [3.63, 3.8) is 0 Å². The number of benzene rings is 1. The van der Waals surface area contributed by atoms with Crippen LogP contribution in [0.15, 0.2) is 17.0 Å². The predicted octanol–water partition coefficient (Wildman–Crippen LogP) is 0.455. The highest BCUT2D eigenvalue weighted by Crippen LogP contribution is 2.35. The van der Waals surface area contributed by atoms with E-state index in [0.717, 1.165) is 0 Å². The summed E-state index contributed by atoms with van der Waals surface area (Å²) < 4.78 is 30.2. The Morgan fingerprint density at radius 1 is 1.06 bits per heavy atom. The smallest absolute Gasteiger partial charge is 0.317 e. The van der Waals surface area contributed by atoms with Gasteiger partial charge in [-0.25, -0.2) is 0 Å². The monoisotopic (exact) mass is 264 g/mol. The molecule has 0 unspecified atom stereocenters. The van der Waals surface area contributed by atoms with Gasteiger partial charge in [0.2, 0.25) is 0 Å². The summed E-state index contributed by atoms with van der Waals surface area (Å²) >= 11 is 0. The molecule has 0 aliphatic carbocycles. The Hall–Kier alpha value is -2.27. The third kappa shape index (κ3) is 2.46. The highest BCUT2D eigenvalue weighted by molar-refractivity contribution is 7.86. The summed E-state index contributed by atoms with van der Waals surface area (Å²) in [5.41, 5.74) is -2.24. The molecular formula is C6H4N2O8S. The van der Waals surface area contributed by atoms with Gasteiger partial charge in [-0.2, -0.15) is 8.42 Å². The van der Waals surface area contributed by atoms with E-state index in [2.05, 4.69) is 0 Å². The lowest BCUT2D eigenvalue weighted by atomic mass is 10.2. The summed E-state index contributed by atoms with van der Waals surface area (Å²) in [6, 6.07) is 0.490. The molecule has 2 N–H and O–H groups in total. The number of phenols is 1. The van der Waals surface area contributed by atoms with Crippen molar-refractivity contribution in [3.8, 4) is 5.75 Å². The molecule has 0 aromatic heterocycles. The van der Waals surface area contributed by atoms with Crippen LogP contribution in [-0.2, 0) is 10.1 Å². The molecule has 1 aromatic rings. The zero-order valence-corrected chi connectivity index (χ0v) is 8.62. The summed E-state index contributed by atoms with van der Waals surface area (Å²) in [6.45, 7) is 0. The summed E-state index contributed by atoms with van der Waals surface area (Å²) in [7, 11) is -4.97. The van der Waals surface area contributed by atoms with Crippen molar-refractivity contribution in [1.82, 2.24) is 0 Å². The van der Waals surface area contributed by atoms with Gasteiger partial charge in [-0.15, -0.1) is 0 Å². The van der Waals surface area contributed by atoms with Crippen molar-refractivity contribution in [3.05, 3.63) is 32.4 Å². The van der Waals surface area contributed by atoms with Gasteiger partial charge in [-0.05, 0) is 0 Å². The van der Waals surface area contributed by atoms with Crippen LogP contribution in [0.2, 0.25) is 0 Å². The summed E-state index contributed by atoms with van der Waals surface area (Å²) in [6.07, 6.45) is 0. The van der Waals surface area contributed by atoms with E-state index < -0.39 is 42.0 Å². The molecule has 0 radical (unpaired) electrons. The first-order chi connectivity index (χ1) is 7.64. The number of rotatable bonds is 3. The molecule has 92 valence electrons. The number of hydrogen-bond acceptors (Lipinski definition) is 7. The summed E-state index contributed by atoms with van der Waals surface area (Å²) in [5.74, 6) is -1.10. The third-order valence-corrected chi connectivity index (χ3v) is 2.61. The van der Waals surface area contributed by atoms with Crippen molar-refractivity contribution in [1.29, 1.82) is 0 Å². The molecule has 0 heterocycles. The van der Waals surface area contributed by atoms with Crippen molar-refractivity contribution in [2.45, 2.75) is 4.90 Å². The number of phenolic OH excluding ortho intramolecular Hbond substituents is 1. The highest BCUT2D eigenvalue weighted by atomic mass is 32.2. The molecule has 10 nitrogen and oxygen atoms in total. The van der Waals surface area contributed by atoms with E-state index in [4.69, 9.17) is 9.66 Å². The number of nitrogens with zero attached hydrogens (tertiary/aromatic N) is 2. The molecule has 0 amide bonds. The Bertz CT molecular complexity index is 607. The van der Waals surface area contributed by atoms with Gasteiger partial charge in [0.15, 0.2) is 10.6 Å². The second kappa shape index (κ2) is 3.95. The summed E-state index contributed by atoms with van der Waals surface area (Å²) in [5, 5.41) is 29.9. The molecule has 1 rings (SSSR count). The van der Waals surface area contributed by atoms with Gasteiger partial charge in [-0.1, -0.05) is 0 Å². The lowest BCUT2D eigenvalue weighted by molar-refractivity contribution is -0.396. The van der Waals surface area contributed by atoms with E-state index in [1.165, 1.54) is 0 Å². The van der Waals surface area contributed by atoms with Crippen molar-refractivity contribution in [2.24, 2.45) is 0 Å². The van der Waals surface area contributed by atoms with E-state index in [-0.39, 0.29) is 12.1 Å². The van der Waals surface area contributed by atoms with Crippen molar-refractivity contribution >= 4 is 21.5 Å². The van der Waals surface area contributed by atoms with E-state index in [0.29, 0.717) is 0 Å². The number of nitro groups is 2. The van der Waals surface area contributed by atoms with Crippen LogP contribution in [0.25, 0.3) is 0 Å². The predicted molar refractivity (Wildman–Crippen MR) is 51.2 cm³/mol. The van der Waals surface area contributed by atoms with E-state index in [1.807, 2.05) is 0 Å². The Balaban J connectivity index is 3.70. The molecular weight excluding hydrogens is 260 g/mol. The zero-order chi connectivity index (χ0) is 13.4. The largest absolute Gasteiger partial charge is 0.502 e. The highest BCUT2D eigenvalue weighted by Gasteiger charge is 2.30. The average molecular weight is 264 g/mol. The quantitative estimate of drug-likeness (QED) is 0.451. The fourth-order valence-corrected chi connectivity index (χ4v) is 1.70. The Labute approximate surface area is 93.2 Å². The van der Waals surface area contributed by atoms with Crippen LogP contribution in [0.4, 0.5) is 11.4 Å². The SMILES string of the molecule is O=[N+]([O-])c1cc([N+](=O)[O-])c(S(=O)(=O)O)cc1O. The lowest BCUT2D eigenvalue weighted by Crippen LogP contribution is -2.04. The molecule has 0 saturated heterocycles. The molecule has 0 saturated carbocycles. The first-order valence-electron chi connectivity index (χ1n) is 3.78. The van der Waals surface area contributed by atoms with Gasteiger partial charge in [0.1, 0.15) is 0 Å². The molecule has 0 atom stereocenters. The first kappa shape index (κ1) is 12.8. The molecule has 0 aliphatic rings. The average Bonchev–Trinajstić information content (AvgIpc) is 2.14. The minimum atomic E-state index is -4.97. The molecule has 0 spiro atoms. The van der Waals surface area contributed by atoms with Crippen LogP contribution in [0.1, 0.15) is 0 Å². The van der Waals surface area contributed by atoms with E-state index >= 15 is 0 Å². The van der Waals surface area contributed by atoms with Crippen molar-refractivity contribution < 1.29 is 27.9 Å². The Kier molecular flexibility index (Phi) is 2.97. The van der Waals surface area contributed by atoms with Gasteiger partial charge >= 0.3 is 15.8 Å². The third-order valence-electron chi connectivity index (χ3n) is 1.73. The molecule has 0 aliphatic heterocycles. The van der Waals surface area contributed by atoms with Gasteiger partial charge in [-0.3, -0.25) is 24.8 Å². The van der Waals surface area contributed by atoms with Crippen molar-refractivity contribution in [2.75, 3.05) is 0 Å². The van der Waals surface area contributed by atoms with Crippen LogP contribution in [0.5, 0.6) is 5.75 Å². The first-order valence-corrected chi connectivity index (χ1v) is 5.22. The number of nitro benzene ring substituents is 2. The van der Waals surface area contributed by atoms with Crippen LogP contribution in [-0.4, -0.2) is 27.9 Å². The topological polar surface area (TPSA) is 161 Å². The maximum absolute atomic E-state index is 10.8. The molecule has 11 heteroatoms. The Morgan fingerprint density at radius 2 is 1.53 bits per heavy atom. The maximum Gasteiger partial charge on any atom is 0.317 e. The second-order valence-corrected chi connectivity index (χ2v) is 4.19. The van der Waals surface area contributed by atoms with Crippen LogP contribution < -0.4 is 0 Å². The lowest BCUT2D eigenvalue weighted by Gasteiger charge is -2.01. The zero-order valence-electron chi connectivity index (χ0n) is 7.80. The van der Waals surface area contributed by atoms with Gasteiger partial charge < -0.3 is 5.11 Å². The fourth-order valence-electron chi connectivity index (χ4n) is 1.04. The van der Waals surface area contributed by atoms with E-state index in [1.54, 1.807) is 0 Å². The minimum absolute atomic E-state index is 0.242. The fraction of sp³-hybridized carbons (Fsp3) is 0. The van der Waals surface area contributed by atoms with Crippen LogP contribution >= 0.6 is 0 Å². The van der Waals surface area contributed by atoms with Crippen LogP contribution in [0.3, 0.4) is 0 Å². The Morgan fingerprint density at radius 3 is 1.88 bits per heavy atom. The number of aromatic hydroxyl groups is 1. The van der Waals surface area contributed by atoms with Crippen LogP contribution in [0, 0.1) is 20.2 Å². The number of hydrogen-bond donors (Lipinski definition) is 2. The molecule has 17 heavy (non-hydrogen) atoms. The second-order valence-electron chi connectivity index (χ2n) is 2.80. The minimum Gasteiger partial charge on any atom is -0.502 e.